The highest BCUT2D eigenvalue weighted by atomic mass is 32.2. The van der Waals surface area contributed by atoms with Gasteiger partial charge in [-0.2, -0.15) is 15.5 Å². The first-order valence-corrected chi connectivity index (χ1v) is 12.2. The molecule has 180 valence electrons. The number of aromatic nitrogens is 5. The van der Waals surface area contributed by atoms with Crippen LogP contribution in [-0.4, -0.2) is 30.3 Å². The van der Waals surface area contributed by atoms with Crippen LogP contribution < -0.4 is 5.73 Å². The summed E-state index contributed by atoms with van der Waals surface area (Å²) in [5, 5.41) is 18.9. The maximum atomic E-state index is 14.3. The molecule has 10 heteroatoms. The van der Waals surface area contributed by atoms with Gasteiger partial charge in [0.2, 0.25) is 5.91 Å². The van der Waals surface area contributed by atoms with E-state index in [2.05, 4.69) is 33.5 Å². The second kappa shape index (κ2) is 10.7. The lowest BCUT2D eigenvalue weighted by Crippen LogP contribution is -2.15. The third-order valence-electron chi connectivity index (χ3n) is 5.90. The average molecular weight is 492 g/mol. The lowest BCUT2D eigenvalue weighted by molar-refractivity contribution is -0.115. The summed E-state index contributed by atoms with van der Waals surface area (Å²) in [4.78, 5) is 14.1. The molecule has 8 nitrogen and oxygen atoms in total. The van der Waals surface area contributed by atoms with Crippen LogP contribution in [0.5, 0.6) is 0 Å². The summed E-state index contributed by atoms with van der Waals surface area (Å²) >= 11 is 1.20. The van der Waals surface area contributed by atoms with Gasteiger partial charge in [0.25, 0.3) is 0 Å². The van der Waals surface area contributed by atoms with Crippen LogP contribution in [-0.2, 0) is 4.79 Å². The van der Waals surface area contributed by atoms with E-state index in [1.807, 2.05) is 18.5 Å². The molecule has 1 aliphatic carbocycles. The first-order valence-electron chi connectivity index (χ1n) is 11.4. The summed E-state index contributed by atoms with van der Waals surface area (Å²) < 4.78 is 18.1. The number of amides is 1. The van der Waals surface area contributed by atoms with Gasteiger partial charge in [-0.3, -0.25) is 9.48 Å². The van der Waals surface area contributed by atoms with E-state index in [0.29, 0.717) is 17.1 Å². The maximum Gasteiger partial charge on any atom is 0.214 e. The van der Waals surface area contributed by atoms with Crippen LogP contribution in [0.2, 0.25) is 0 Å². The van der Waals surface area contributed by atoms with Crippen LogP contribution in [0.25, 0.3) is 16.6 Å². The first kappa shape index (κ1) is 24.4. The summed E-state index contributed by atoms with van der Waals surface area (Å²) in [5.41, 5.74) is 8.63. The van der Waals surface area contributed by atoms with E-state index in [4.69, 9.17) is 5.10 Å². The number of halogens is 1. The van der Waals surface area contributed by atoms with Crippen LogP contribution in [0.1, 0.15) is 56.3 Å². The van der Waals surface area contributed by atoms with Crippen LogP contribution in [0, 0.1) is 24.1 Å². The number of pyridine rings is 2. The predicted molar refractivity (Wildman–Crippen MR) is 131 cm³/mol. The second-order valence-corrected chi connectivity index (χ2v) is 9.47. The Morgan fingerprint density at radius 3 is 2.69 bits per heavy atom. The molecule has 0 atom stereocenters. The zero-order valence-corrected chi connectivity index (χ0v) is 20.4. The molecule has 1 fully saturated rings. The molecule has 35 heavy (non-hydrogen) atoms. The molecule has 1 amide bonds. The van der Waals surface area contributed by atoms with Gasteiger partial charge in [-0.1, -0.05) is 31.0 Å². The predicted octanol–water partition coefficient (Wildman–Crippen LogP) is 5.06. The van der Waals surface area contributed by atoms with E-state index in [1.165, 1.54) is 50.2 Å². The quantitative estimate of drug-likeness (QED) is 0.427. The molecule has 2 N–H and O–H groups in total. The highest BCUT2D eigenvalue weighted by Gasteiger charge is 2.21. The molecule has 0 radical (unpaired) electrons. The van der Waals surface area contributed by atoms with Gasteiger partial charge in [-0.05, 0) is 38.0 Å². The minimum Gasteiger partial charge on any atom is -0.370 e. The highest BCUT2D eigenvalue weighted by molar-refractivity contribution is 7.99. The van der Waals surface area contributed by atoms with Gasteiger partial charge in [-0.15, -0.1) is 0 Å². The monoisotopic (exact) mass is 491 g/mol. The summed E-state index contributed by atoms with van der Waals surface area (Å²) in [5.74, 6) is -0.727. The van der Waals surface area contributed by atoms with Gasteiger partial charge in [0.15, 0.2) is 5.82 Å². The Kier molecular flexibility index (Phi) is 7.46. The number of carbonyl (C=O) groups is 1. The highest BCUT2D eigenvalue weighted by Crippen LogP contribution is 2.37. The van der Waals surface area contributed by atoms with Crippen molar-refractivity contribution >= 4 is 23.2 Å². The van der Waals surface area contributed by atoms with Gasteiger partial charge >= 0.3 is 0 Å². The number of rotatable bonds is 4. The molecule has 0 unspecified atom stereocenters. The van der Waals surface area contributed by atoms with E-state index < -0.39 is 5.82 Å². The SMILES string of the molecule is CC(N)=O.Cc1c(-c2cc(Sc3ncccc3F)c3c(C#N)cnn3c2)cnn1C1CCCCC1. The third kappa shape index (κ3) is 5.35. The van der Waals surface area contributed by atoms with E-state index in [0.717, 1.165) is 34.6 Å². The average Bonchev–Trinajstić information content (AvgIpc) is 3.44. The number of carbonyl (C=O) groups excluding carboxylic acids is 1. The smallest absolute Gasteiger partial charge is 0.214 e. The number of nitrogens with two attached hydrogens (primary N) is 1. The van der Waals surface area contributed by atoms with Gasteiger partial charge < -0.3 is 5.73 Å². The molecule has 1 saturated carbocycles. The van der Waals surface area contributed by atoms with Crippen LogP contribution in [0.4, 0.5) is 4.39 Å². The topological polar surface area (TPSA) is 115 Å². The number of hydrogen-bond donors (Lipinski definition) is 1. The number of nitriles is 1. The Morgan fingerprint density at radius 2 is 2.00 bits per heavy atom. The van der Waals surface area contributed by atoms with Crippen molar-refractivity contribution in [3.63, 3.8) is 0 Å². The first-order chi connectivity index (χ1) is 16.9. The molecule has 0 spiro atoms. The van der Waals surface area contributed by atoms with Gasteiger partial charge in [-0.25, -0.2) is 13.9 Å². The minimum atomic E-state index is -0.393. The number of fused-ring (bicyclic) bond motifs is 1. The molecule has 0 saturated heterocycles. The largest absolute Gasteiger partial charge is 0.370 e. The number of nitrogens with zero attached hydrogens (tertiary/aromatic N) is 6. The molecular weight excluding hydrogens is 465 g/mol. The summed E-state index contributed by atoms with van der Waals surface area (Å²) in [6.07, 6.45) is 13.0. The lowest BCUT2D eigenvalue weighted by Gasteiger charge is -2.23. The Labute approximate surface area is 207 Å². The second-order valence-electron chi connectivity index (χ2n) is 8.44. The standard InChI is InChI=1S/C23H21FN6S.C2H5NO/c1-15-19(13-28-30(15)18-6-3-2-4-7-18)16-10-21(31-23-20(24)8-5-9-26-23)22-17(11-25)12-27-29(22)14-16;1-2(3)4/h5,8-10,12-14,18H,2-4,6-7H2,1H3;1H3,(H2,3,4). The molecule has 0 bridgehead atoms. The van der Waals surface area contributed by atoms with Crippen LogP contribution in [0.3, 0.4) is 0 Å². The fourth-order valence-corrected chi connectivity index (χ4v) is 5.32. The van der Waals surface area contributed by atoms with Gasteiger partial charge in [0.1, 0.15) is 11.1 Å². The van der Waals surface area contributed by atoms with E-state index in [9.17, 15) is 14.4 Å². The third-order valence-corrected chi connectivity index (χ3v) is 6.93. The normalized spacial score (nSPS) is 13.8. The molecule has 1 aliphatic rings. The molecule has 4 aromatic heterocycles. The van der Waals surface area contributed by atoms with Gasteiger partial charge in [0, 0.05) is 41.0 Å². The number of primary amides is 1. The van der Waals surface area contributed by atoms with Crippen molar-refractivity contribution in [1.82, 2.24) is 24.4 Å². The minimum absolute atomic E-state index is 0.265. The fraction of sp³-hybridized carbons (Fsp3) is 0.320. The Bertz CT molecular complexity index is 1390. The van der Waals surface area contributed by atoms with Crippen molar-refractivity contribution in [1.29, 1.82) is 5.26 Å². The Hall–Kier alpha value is -3.71. The van der Waals surface area contributed by atoms with E-state index in [-0.39, 0.29) is 10.9 Å². The summed E-state index contributed by atoms with van der Waals surface area (Å²) in [7, 11) is 0. The van der Waals surface area contributed by atoms with Crippen molar-refractivity contribution in [2.45, 2.75) is 61.9 Å². The van der Waals surface area contributed by atoms with Crippen molar-refractivity contribution in [3.8, 4) is 17.2 Å². The Balaban J connectivity index is 0.000000672. The fourth-order valence-electron chi connectivity index (χ4n) is 4.34. The molecular formula is C25H26FN7OS. The van der Waals surface area contributed by atoms with Gasteiger partial charge in [0.05, 0.1) is 29.5 Å². The molecule has 0 aromatic carbocycles. The zero-order chi connectivity index (χ0) is 24.9. The Morgan fingerprint density at radius 1 is 1.26 bits per heavy atom. The van der Waals surface area contributed by atoms with E-state index in [1.54, 1.807) is 16.8 Å². The summed E-state index contributed by atoms with van der Waals surface area (Å²) in [6.45, 7) is 3.40. The maximum absolute atomic E-state index is 14.3. The molecule has 0 aliphatic heterocycles. The molecule has 4 heterocycles. The van der Waals surface area contributed by atoms with Crippen molar-refractivity contribution in [2.75, 3.05) is 0 Å². The molecule has 5 rings (SSSR count). The summed E-state index contributed by atoms with van der Waals surface area (Å²) in [6, 6.07) is 7.55. The van der Waals surface area contributed by atoms with Crippen LogP contribution >= 0.6 is 11.8 Å². The zero-order valence-electron chi connectivity index (χ0n) is 19.6. The van der Waals surface area contributed by atoms with Crippen molar-refractivity contribution in [2.24, 2.45) is 5.73 Å². The lowest BCUT2D eigenvalue weighted by atomic mass is 9.95. The number of hydrogen-bond acceptors (Lipinski definition) is 6. The molecule has 4 aromatic rings. The van der Waals surface area contributed by atoms with Crippen molar-refractivity contribution < 1.29 is 9.18 Å². The van der Waals surface area contributed by atoms with Crippen molar-refractivity contribution in [3.05, 3.63) is 60.1 Å². The van der Waals surface area contributed by atoms with E-state index >= 15 is 0 Å². The van der Waals surface area contributed by atoms with Crippen LogP contribution in [0.15, 0.2) is 52.9 Å².